The van der Waals surface area contributed by atoms with E-state index in [2.05, 4.69) is 15.2 Å². The van der Waals surface area contributed by atoms with Crippen LogP contribution in [0.5, 0.6) is 5.75 Å². The fourth-order valence-corrected chi connectivity index (χ4v) is 4.27. The molecule has 0 radical (unpaired) electrons. The Morgan fingerprint density at radius 3 is 2.69 bits per heavy atom. The number of aromatic nitrogens is 1. The van der Waals surface area contributed by atoms with E-state index in [1.54, 1.807) is 6.20 Å². The van der Waals surface area contributed by atoms with Crippen molar-refractivity contribution in [3.8, 4) is 5.75 Å². The summed E-state index contributed by atoms with van der Waals surface area (Å²) in [7, 11) is 0. The summed E-state index contributed by atoms with van der Waals surface area (Å²) in [5, 5.41) is 5.12. The van der Waals surface area contributed by atoms with Gasteiger partial charge in [-0.2, -0.15) is 0 Å². The fraction of sp³-hybridized carbons (Fsp3) is 0.571. The van der Waals surface area contributed by atoms with Gasteiger partial charge in [0, 0.05) is 31.2 Å². The molecular formula is C21H29N3O2. The number of fused-ring (bicyclic) bond motifs is 1. The molecule has 0 aliphatic carbocycles. The summed E-state index contributed by atoms with van der Waals surface area (Å²) < 4.78 is 6.32. The standard InChI is InChI=1S/C21H29N3O2/c1-15-12-19-17(4-9-23-21(19)25)13-20(15)26-18-5-10-24(11-6-18)14-16-2-7-22-8-3-16/h4,9,12-13,16,18,22H,2-3,5-8,10-11,14H2,1H3,(H,23,25). The maximum Gasteiger partial charge on any atom is 0.255 e. The minimum absolute atomic E-state index is 0.0385. The molecule has 1 aromatic carbocycles. The molecule has 26 heavy (non-hydrogen) atoms. The molecule has 0 bridgehead atoms. The van der Waals surface area contributed by atoms with Gasteiger partial charge in [-0.3, -0.25) is 4.79 Å². The van der Waals surface area contributed by atoms with Crippen molar-refractivity contribution in [3.05, 3.63) is 40.3 Å². The zero-order chi connectivity index (χ0) is 17.9. The van der Waals surface area contributed by atoms with E-state index in [9.17, 15) is 4.79 Å². The van der Waals surface area contributed by atoms with Gasteiger partial charge >= 0.3 is 0 Å². The van der Waals surface area contributed by atoms with Crippen LogP contribution in [0.3, 0.4) is 0 Å². The SMILES string of the molecule is Cc1cc2c(=O)[nH]ccc2cc1OC1CCN(CC2CCNCC2)CC1. The number of nitrogens with one attached hydrogen (secondary N) is 2. The van der Waals surface area contributed by atoms with E-state index >= 15 is 0 Å². The summed E-state index contributed by atoms with van der Waals surface area (Å²) in [5.41, 5.74) is 0.995. The maximum atomic E-state index is 11.9. The zero-order valence-corrected chi connectivity index (χ0v) is 15.6. The number of aromatic amines is 1. The molecule has 1 aromatic heterocycles. The molecule has 0 amide bonds. The summed E-state index contributed by atoms with van der Waals surface area (Å²) in [6, 6.07) is 5.89. The number of hydrogen-bond acceptors (Lipinski definition) is 4. The van der Waals surface area contributed by atoms with Gasteiger partial charge in [0.1, 0.15) is 11.9 Å². The quantitative estimate of drug-likeness (QED) is 0.885. The van der Waals surface area contributed by atoms with E-state index in [0.29, 0.717) is 0 Å². The highest BCUT2D eigenvalue weighted by Crippen LogP contribution is 2.27. The van der Waals surface area contributed by atoms with Crippen LogP contribution in [0.15, 0.2) is 29.2 Å². The predicted molar refractivity (Wildman–Crippen MR) is 105 cm³/mol. The van der Waals surface area contributed by atoms with Crippen molar-refractivity contribution in [2.75, 3.05) is 32.7 Å². The van der Waals surface area contributed by atoms with Crippen LogP contribution in [0.1, 0.15) is 31.2 Å². The fourth-order valence-electron chi connectivity index (χ4n) is 4.27. The molecule has 0 atom stereocenters. The van der Waals surface area contributed by atoms with Crippen molar-refractivity contribution < 1.29 is 4.74 Å². The van der Waals surface area contributed by atoms with Crippen LogP contribution >= 0.6 is 0 Å². The third-order valence-electron chi connectivity index (χ3n) is 5.87. The Morgan fingerprint density at radius 2 is 1.92 bits per heavy atom. The van der Waals surface area contributed by atoms with E-state index < -0.39 is 0 Å². The van der Waals surface area contributed by atoms with Gasteiger partial charge in [-0.05, 0) is 80.8 Å². The molecular weight excluding hydrogens is 326 g/mol. The smallest absolute Gasteiger partial charge is 0.255 e. The Hall–Kier alpha value is -1.85. The molecule has 2 aliphatic rings. The number of likely N-dealkylation sites (tertiary alicyclic amines) is 1. The lowest BCUT2D eigenvalue weighted by Gasteiger charge is -2.35. The molecule has 2 N–H and O–H groups in total. The van der Waals surface area contributed by atoms with Crippen LogP contribution in [-0.2, 0) is 0 Å². The number of pyridine rings is 1. The molecule has 3 heterocycles. The molecule has 5 heteroatoms. The number of piperidine rings is 2. The van der Waals surface area contributed by atoms with E-state index in [1.165, 1.54) is 32.5 Å². The average molecular weight is 355 g/mol. The van der Waals surface area contributed by atoms with E-state index in [-0.39, 0.29) is 11.7 Å². The number of ether oxygens (including phenoxy) is 1. The lowest BCUT2D eigenvalue weighted by molar-refractivity contribution is 0.0869. The minimum atomic E-state index is -0.0385. The second kappa shape index (κ2) is 7.80. The molecule has 5 nitrogen and oxygen atoms in total. The van der Waals surface area contributed by atoms with Crippen molar-refractivity contribution in [2.24, 2.45) is 5.92 Å². The van der Waals surface area contributed by atoms with Gasteiger partial charge in [0.05, 0.1) is 0 Å². The minimum Gasteiger partial charge on any atom is -0.490 e. The van der Waals surface area contributed by atoms with Crippen molar-refractivity contribution in [2.45, 2.75) is 38.7 Å². The zero-order valence-electron chi connectivity index (χ0n) is 15.6. The molecule has 4 rings (SSSR count). The second-order valence-corrected chi connectivity index (χ2v) is 7.82. The maximum absolute atomic E-state index is 11.9. The first-order chi connectivity index (χ1) is 12.7. The summed E-state index contributed by atoms with van der Waals surface area (Å²) in [5.74, 6) is 1.77. The Bertz CT molecular complexity index is 802. The first-order valence-corrected chi connectivity index (χ1v) is 9.91. The van der Waals surface area contributed by atoms with Crippen molar-refractivity contribution in [1.29, 1.82) is 0 Å². The van der Waals surface area contributed by atoms with E-state index in [1.807, 2.05) is 25.1 Å². The third-order valence-corrected chi connectivity index (χ3v) is 5.87. The van der Waals surface area contributed by atoms with E-state index in [4.69, 9.17) is 4.74 Å². The van der Waals surface area contributed by atoms with Crippen LogP contribution in [0.4, 0.5) is 0 Å². The van der Waals surface area contributed by atoms with Crippen LogP contribution in [0, 0.1) is 12.8 Å². The van der Waals surface area contributed by atoms with Crippen molar-refractivity contribution in [1.82, 2.24) is 15.2 Å². The van der Waals surface area contributed by atoms with Crippen LogP contribution < -0.4 is 15.6 Å². The largest absolute Gasteiger partial charge is 0.490 e. The van der Waals surface area contributed by atoms with Gasteiger partial charge in [0.25, 0.3) is 5.56 Å². The van der Waals surface area contributed by atoms with Gasteiger partial charge in [0.15, 0.2) is 0 Å². The molecule has 0 spiro atoms. The number of benzene rings is 1. The summed E-state index contributed by atoms with van der Waals surface area (Å²) in [6.45, 7) is 7.87. The number of hydrogen-bond donors (Lipinski definition) is 2. The number of H-pyrrole nitrogens is 1. The van der Waals surface area contributed by atoms with Crippen molar-refractivity contribution in [3.63, 3.8) is 0 Å². The van der Waals surface area contributed by atoms with Crippen molar-refractivity contribution >= 4 is 10.8 Å². The molecule has 0 saturated carbocycles. The topological polar surface area (TPSA) is 57.4 Å². The molecule has 2 aromatic rings. The Morgan fingerprint density at radius 1 is 1.15 bits per heavy atom. The first kappa shape index (κ1) is 17.6. The highest BCUT2D eigenvalue weighted by Gasteiger charge is 2.24. The normalized spacial score (nSPS) is 20.5. The summed E-state index contributed by atoms with van der Waals surface area (Å²) in [4.78, 5) is 17.3. The lowest BCUT2D eigenvalue weighted by Crippen LogP contribution is -2.42. The van der Waals surface area contributed by atoms with Gasteiger partial charge in [-0.15, -0.1) is 0 Å². The van der Waals surface area contributed by atoms with E-state index in [0.717, 1.165) is 53.9 Å². The summed E-state index contributed by atoms with van der Waals surface area (Å²) >= 11 is 0. The Labute approximate surface area is 154 Å². The van der Waals surface area contributed by atoms with Gasteiger partial charge < -0.3 is 19.9 Å². The third kappa shape index (κ3) is 3.94. The first-order valence-electron chi connectivity index (χ1n) is 9.91. The number of rotatable bonds is 4. The molecule has 2 saturated heterocycles. The van der Waals surface area contributed by atoms with Crippen LogP contribution in [0.25, 0.3) is 10.8 Å². The molecule has 140 valence electrons. The number of aryl methyl sites for hydroxylation is 1. The molecule has 2 fully saturated rings. The highest BCUT2D eigenvalue weighted by molar-refractivity contribution is 5.83. The van der Waals surface area contributed by atoms with Crippen LogP contribution in [0.2, 0.25) is 0 Å². The Kier molecular flexibility index (Phi) is 5.27. The summed E-state index contributed by atoms with van der Waals surface area (Å²) in [6.07, 6.45) is 6.76. The lowest BCUT2D eigenvalue weighted by atomic mass is 9.96. The van der Waals surface area contributed by atoms with Gasteiger partial charge in [-0.1, -0.05) is 0 Å². The molecule has 0 unspecified atom stereocenters. The Balaban J connectivity index is 1.36. The monoisotopic (exact) mass is 355 g/mol. The van der Waals surface area contributed by atoms with Gasteiger partial charge in [-0.25, -0.2) is 0 Å². The highest BCUT2D eigenvalue weighted by atomic mass is 16.5. The second-order valence-electron chi connectivity index (χ2n) is 7.82. The average Bonchev–Trinajstić information content (AvgIpc) is 2.66. The van der Waals surface area contributed by atoms with Gasteiger partial charge in [0.2, 0.25) is 0 Å². The predicted octanol–water partition coefficient (Wildman–Crippen LogP) is 2.68. The van der Waals surface area contributed by atoms with Crippen LogP contribution in [-0.4, -0.2) is 48.7 Å². The molecule has 2 aliphatic heterocycles. The number of nitrogens with zero attached hydrogens (tertiary/aromatic N) is 1.